The van der Waals surface area contributed by atoms with Crippen LogP contribution in [0, 0.1) is 0 Å². The minimum Gasteiger partial charge on any atom is -0.361 e. The fourth-order valence-corrected chi connectivity index (χ4v) is 0.574. The number of amides is 2. The smallest absolute Gasteiger partial charge is 0.327 e. The second-order valence-electron chi connectivity index (χ2n) is 2.58. The van der Waals surface area contributed by atoms with Crippen LogP contribution in [0.2, 0.25) is 0 Å². The standard InChI is InChI=1S/C7H12N4O2S/c1-4(2)3-9-7(14)11-10-6(13)5(8)12/h1,3H2,2H3,(H2,8,12)(H,10,13)(H2,9,11,14). The zero-order valence-electron chi connectivity index (χ0n) is 7.72. The molecule has 0 atom stereocenters. The Morgan fingerprint density at radius 2 is 2.00 bits per heavy atom. The summed E-state index contributed by atoms with van der Waals surface area (Å²) in [6, 6.07) is 0. The Morgan fingerprint density at radius 1 is 1.43 bits per heavy atom. The van der Waals surface area contributed by atoms with E-state index in [1.807, 2.05) is 12.3 Å². The Labute approximate surface area is 86.9 Å². The summed E-state index contributed by atoms with van der Waals surface area (Å²) in [4.78, 5) is 20.9. The Hall–Kier alpha value is -1.63. The lowest BCUT2D eigenvalue weighted by molar-refractivity contribution is -0.137. The Bertz CT molecular complexity index is 277. The number of carbonyl (C=O) groups is 2. The van der Waals surface area contributed by atoms with Crippen LogP contribution in [-0.4, -0.2) is 23.5 Å². The van der Waals surface area contributed by atoms with E-state index in [0.717, 1.165) is 5.57 Å². The van der Waals surface area contributed by atoms with Gasteiger partial charge in [-0.3, -0.25) is 20.4 Å². The Morgan fingerprint density at radius 3 is 2.43 bits per heavy atom. The highest BCUT2D eigenvalue weighted by Crippen LogP contribution is 1.80. The van der Waals surface area contributed by atoms with Crippen LogP contribution in [0.4, 0.5) is 0 Å². The summed E-state index contributed by atoms with van der Waals surface area (Å²) < 4.78 is 0. The predicted octanol–water partition coefficient (Wildman–Crippen LogP) is -1.46. The number of carbonyl (C=O) groups excluding carboxylic acids is 2. The summed E-state index contributed by atoms with van der Waals surface area (Å²) >= 11 is 4.75. The van der Waals surface area contributed by atoms with Gasteiger partial charge >= 0.3 is 11.8 Å². The minimum atomic E-state index is -1.08. The van der Waals surface area contributed by atoms with Gasteiger partial charge in [0.25, 0.3) is 0 Å². The van der Waals surface area contributed by atoms with Crippen molar-refractivity contribution in [3.8, 4) is 0 Å². The molecule has 0 aromatic rings. The minimum absolute atomic E-state index is 0.183. The van der Waals surface area contributed by atoms with Crippen LogP contribution in [0.25, 0.3) is 0 Å². The maximum atomic E-state index is 10.6. The fourth-order valence-electron chi connectivity index (χ4n) is 0.450. The first-order valence-corrected chi connectivity index (χ1v) is 4.12. The van der Waals surface area contributed by atoms with E-state index in [1.54, 1.807) is 0 Å². The number of nitrogens with one attached hydrogen (secondary N) is 3. The molecule has 0 radical (unpaired) electrons. The van der Waals surface area contributed by atoms with Crippen LogP contribution in [0.3, 0.4) is 0 Å². The van der Waals surface area contributed by atoms with Crippen molar-refractivity contribution in [2.45, 2.75) is 6.92 Å². The lowest BCUT2D eigenvalue weighted by Crippen LogP contribution is -2.50. The van der Waals surface area contributed by atoms with E-state index in [-0.39, 0.29) is 5.11 Å². The molecule has 6 nitrogen and oxygen atoms in total. The summed E-state index contributed by atoms with van der Waals surface area (Å²) in [5.41, 5.74) is 9.87. The van der Waals surface area contributed by atoms with Crippen molar-refractivity contribution in [2.75, 3.05) is 6.54 Å². The molecule has 0 aliphatic carbocycles. The molecule has 0 fully saturated rings. The van der Waals surface area contributed by atoms with Crippen LogP contribution >= 0.6 is 12.2 Å². The normalized spacial score (nSPS) is 8.64. The van der Waals surface area contributed by atoms with Crippen LogP contribution in [0.1, 0.15) is 6.92 Å². The molecule has 5 N–H and O–H groups in total. The van der Waals surface area contributed by atoms with Crippen molar-refractivity contribution in [2.24, 2.45) is 5.73 Å². The van der Waals surface area contributed by atoms with E-state index >= 15 is 0 Å². The molecule has 0 aliphatic heterocycles. The highest BCUT2D eigenvalue weighted by Gasteiger charge is 2.07. The SMILES string of the molecule is C=C(C)CNC(=S)NNC(=O)C(N)=O. The van der Waals surface area contributed by atoms with Crippen molar-refractivity contribution >= 4 is 29.1 Å². The molecule has 2 amide bonds. The maximum absolute atomic E-state index is 10.6. The zero-order chi connectivity index (χ0) is 11.1. The van der Waals surface area contributed by atoms with Gasteiger partial charge in [-0.05, 0) is 19.1 Å². The highest BCUT2D eigenvalue weighted by atomic mass is 32.1. The number of nitrogens with two attached hydrogens (primary N) is 1. The van der Waals surface area contributed by atoms with Gasteiger partial charge in [-0.15, -0.1) is 0 Å². The topological polar surface area (TPSA) is 96.2 Å². The largest absolute Gasteiger partial charge is 0.361 e. The molecule has 0 aromatic carbocycles. The van der Waals surface area contributed by atoms with Gasteiger partial charge in [-0.25, -0.2) is 0 Å². The molecule has 0 rings (SSSR count). The van der Waals surface area contributed by atoms with Gasteiger partial charge in [0.2, 0.25) is 0 Å². The number of hydrogen-bond donors (Lipinski definition) is 4. The van der Waals surface area contributed by atoms with E-state index in [0.29, 0.717) is 6.54 Å². The second kappa shape index (κ2) is 5.92. The summed E-state index contributed by atoms with van der Waals surface area (Å²) in [6.45, 7) is 5.94. The first kappa shape index (κ1) is 12.4. The third-order valence-corrected chi connectivity index (χ3v) is 1.31. The van der Waals surface area contributed by atoms with Gasteiger partial charge in [0, 0.05) is 6.54 Å². The van der Waals surface area contributed by atoms with E-state index in [9.17, 15) is 9.59 Å². The summed E-state index contributed by atoms with van der Waals surface area (Å²) in [5.74, 6) is -2.04. The van der Waals surface area contributed by atoms with Crippen LogP contribution < -0.4 is 21.9 Å². The molecular formula is C7H12N4O2S. The van der Waals surface area contributed by atoms with Gasteiger partial charge < -0.3 is 11.1 Å². The van der Waals surface area contributed by atoms with Crippen LogP contribution in [0.5, 0.6) is 0 Å². The molecule has 7 heteroatoms. The molecule has 0 heterocycles. The molecule has 0 bridgehead atoms. The van der Waals surface area contributed by atoms with Crippen molar-refractivity contribution in [1.82, 2.24) is 16.2 Å². The molecule has 0 unspecified atom stereocenters. The monoisotopic (exact) mass is 216 g/mol. The van der Waals surface area contributed by atoms with Gasteiger partial charge in [0.15, 0.2) is 5.11 Å². The van der Waals surface area contributed by atoms with Gasteiger partial charge in [-0.2, -0.15) is 0 Å². The van der Waals surface area contributed by atoms with Gasteiger partial charge in [0.1, 0.15) is 0 Å². The lowest BCUT2D eigenvalue weighted by atomic mass is 10.4. The Kier molecular flexibility index (Phi) is 5.23. The molecule has 0 spiro atoms. The molecule has 14 heavy (non-hydrogen) atoms. The average Bonchev–Trinajstić information content (AvgIpc) is 2.10. The summed E-state index contributed by atoms with van der Waals surface area (Å²) in [7, 11) is 0. The molecular weight excluding hydrogens is 204 g/mol. The third kappa shape index (κ3) is 5.95. The van der Waals surface area contributed by atoms with Crippen molar-refractivity contribution in [1.29, 1.82) is 0 Å². The summed E-state index contributed by atoms with van der Waals surface area (Å²) in [6.07, 6.45) is 0. The number of primary amides is 1. The third-order valence-electron chi connectivity index (χ3n) is 1.06. The zero-order valence-corrected chi connectivity index (χ0v) is 8.53. The van der Waals surface area contributed by atoms with Crippen LogP contribution in [0.15, 0.2) is 12.2 Å². The van der Waals surface area contributed by atoms with E-state index in [4.69, 9.17) is 12.2 Å². The van der Waals surface area contributed by atoms with Crippen molar-refractivity contribution in [3.05, 3.63) is 12.2 Å². The Balaban J connectivity index is 3.69. The first-order chi connectivity index (χ1) is 6.43. The lowest BCUT2D eigenvalue weighted by Gasteiger charge is -2.09. The summed E-state index contributed by atoms with van der Waals surface area (Å²) in [5, 5.41) is 2.91. The van der Waals surface area contributed by atoms with Gasteiger partial charge in [-0.1, -0.05) is 12.2 Å². The number of thiocarbonyl (C=S) groups is 1. The van der Waals surface area contributed by atoms with Crippen molar-refractivity contribution < 1.29 is 9.59 Å². The fraction of sp³-hybridized carbons (Fsp3) is 0.286. The number of hydrogen-bond acceptors (Lipinski definition) is 3. The highest BCUT2D eigenvalue weighted by molar-refractivity contribution is 7.80. The maximum Gasteiger partial charge on any atom is 0.327 e. The molecule has 0 saturated heterocycles. The molecule has 78 valence electrons. The molecule has 0 aliphatic rings. The number of rotatable bonds is 2. The average molecular weight is 216 g/mol. The predicted molar refractivity (Wildman–Crippen MR) is 55.9 cm³/mol. The van der Waals surface area contributed by atoms with Crippen molar-refractivity contribution in [3.63, 3.8) is 0 Å². The molecule has 0 aromatic heterocycles. The van der Waals surface area contributed by atoms with Gasteiger partial charge in [0.05, 0.1) is 0 Å². The quantitative estimate of drug-likeness (QED) is 0.196. The van der Waals surface area contributed by atoms with Crippen LogP contribution in [-0.2, 0) is 9.59 Å². The molecule has 0 saturated carbocycles. The van der Waals surface area contributed by atoms with E-state index < -0.39 is 11.8 Å². The number of hydrazine groups is 1. The van der Waals surface area contributed by atoms with E-state index in [1.165, 1.54) is 0 Å². The second-order valence-corrected chi connectivity index (χ2v) is 2.99. The van der Waals surface area contributed by atoms with E-state index in [2.05, 4.69) is 23.1 Å². The first-order valence-electron chi connectivity index (χ1n) is 3.71.